The molecule has 0 spiro atoms. The van der Waals surface area contributed by atoms with Crippen molar-refractivity contribution in [2.75, 3.05) is 20.1 Å². The number of nitrogens with zero attached hydrogens (tertiary/aromatic N) is 2. The van der Waals surface area contributed by atoms with Gasteiger partial charge in [0.2, 0.25) is 0 Å². The number of rotatable bonds is 5. The summed E-state index contributed by atoms with van der Waals surface area (Å²) >= 11 is 0.916. The molecule has 0 unspecified atom stereocenters. The predicted molar refractivity (Wildman–Crippen MR) is 105 cm³/mol. The Kier molecular flexibility index (Phi) is 10.2. The zero-order chi connectivity index (χ0) is 19.1. The van der Waals surface area contributed by atoms with Crippen LogP contribution in [0, 0.1) is 0 Å². The van der Waals surface area contributed by atoms with Gasteiger partial charge in [-0.05, 0) is 20.8 Å². The van der Waals surface area contributed by atoms with Gasteiger partial charge in [0.15, 0.2) is 11.7 Å². The summed E-state index contributed by atoms with van der Waals surface area (Å²) in [6.45, 7) is 6.06. The molecule has 0 saturated carbocycles. The second-order valence-corrected chi connectivity index (χ2v) is 6.85. The molecule has 150 valence electrons. The topological polar surface area (TPSA) is 87.6 Å². The monoisotopic (exact) mass is 509 g/mol. The lowest BCUT2D eigenvalue weighted by molar-refractivity contribution is -0.140. The number of nitrogens with one attached hydrogen (secondary N) is 3. The molecule has 0 aromatic carbocycles. The molecule has 0 fully saturated rings. The van der Waals surface area contributed by atoms with Gasteiger partial charge in [-0.25, -0.2) is 9.78 Å². The van der Waals surface area contributed by atoms with Crippen LogP contribution in [0.1, 0.15) is 31.5 Å². The van der Waals surface area contributed by atoms with Crippen LogP contribution in [0.5, 0.6) is 0 Å². The van der Waals surface area contributed by atoms with Crippen LogP contribution in [0.2, 0.25) is 0 Å². The van der Waals surface area contributed by atoms with Gasteiger partial charge in [0, 0.05) is 25.5 Å². The number of ether oxygens (including phenoxy) is 1. The number of aliphatic imine (C=N–C) groups is 1. The van der Waals surface area contributed by atoms with Gasteiger partial charge in [-0.2, -0.15) is 13.2 Å². The summed E-state index contributed by atoms with van der Waals surface area (Å²) in [6, 6.07) is 0. The normalized spacial score (nSPS) is 12.2. The molecule has 7 nitrogen and oxygen atoms in total. The van der Waals surface area contributed by atoms with E-state index in [-0.39, 0.29) is 30.5 Å². The second-order valence-electron chi connectivity index (χ2n) is 5.91. The number of alkyl halides is 3. The average Bonchev–Trinajstić information content (AvgIpc) is 2.93. The van der Waals surface area contributed by atoms with Crippen molar-refractivity contribution in [2.24, 2.45) is 4.99 Å². The van der Waals surface area contributed by atoms with Gasteiger partial charge in [-0.3, -0.25) is 4.99 Å². The summed E-state index contributed by atoms with van der Waals surface area (Å²) in [6.07, 6.45) is -4.97. The van der Waals surface area contributed by atoms with Crippen molar-refractivity contribution in [3.8, 4) is 0 Å². The zero-order valence-electron chi connectivity index (χ0n) is 14.9. The maximum atomic E-state index is 12.5. The molecular weight excluding hydrogens is 486 g/mol. The minimum Gasteiger partial charge on any atom is -0.444 e. The first-order chi connectivity index (χ1) is 11.5. The molecule has 0 aliphatic rings. The van der Waals surface area contributed by atoms with E-state index in [1.165, 1.54) is 7.05 Å². The van der Waals surface area contributed by atoms with Crippen LogP contribution < -0.4 is 16.0 Å². The summed E-state index contributed by atoms with van der Waals surface area (Å²) in [5.41, 5.74) is -1.48. The minimum absolute atomic E-state index is 0. The van der Waals surface area contributed by atoms with Gasteiger partial charge in [0.1, 0.15) is 10.6 Å². The fraction of sp³-hybridized carbons (Fsp3) is 0.643. The van der Waals surface area contributed by atoms with Crippen molar-refractivity contribution >= 4 is 47.4 Å². The first-order valence-electron chi connectivity index (χ1n) is 7.44. The molecule has 0 aliphatic carbocycles. The van der Waals surface area contributed by atoms with Crippen molar-refractivity contribution in [1.29, 1.82) is 0 Å². The van der Waals surface area contributed by atoms with E-state index in [4.69, 9.17) is 4.74 Å². The van der Waals surface area contributed by atoms with E-state index in [9.17, 15) is 18.0 Å². The van der Waals surface area contributed by atoms with Crippen LogP contribution in [0.3, 0.4) is 0 Å². The molecule has 0 aliphatic heterocycles. The van der Waals surface area contributed by atoms with Crippen molar-refractivity contribution in [3.63, 3.8) is 0 Å². The van der Waals surface area contributed by atoms with Gasteiger partial charge in [0.05, 0.1) is 6.54 Å². The molecule has 0 radical (unpaired) electrons. The molecule has 12 heteroatoms. The number of alkyl carbamates (subject to hydrolysis) is 1. The highest BCUT2D eigenvalue weighted by molar-refractivity contribution is 14.0. The zero-order valence-corrected chi connectivity index (χ0v) is 18.0. The van der Waals surface area contributed by atoms with E-state index in [0.29, 0.717) is 24.1 Å². The Bertz CT molecular complexity index is 602. The number of hydrogen-bond donors (Lipinski definition) is 3. The molecule has 1 rings (SSSR count). The lowest BCUT2D eigenvalue weighted by Gasteiger charge is -2.19. The molecule has 0 saturated heterocycles. The molecule has 0 bridgehead atoms. The molecule has 1 amide bonds. The van der Waals surface area contributed by atoms with Crippen LogP contribution >= 0.6 is 35.3 Å². The number of guanidine groups is 1. The second kappa shape index (κ2) is 10.7. The maximum Gasteiger partial charge on any atom is 0.434 e. The van der Waals surface area contributed by atoms with E-state index in [2.05, 4.69) is 25.9 Å². The lowest BCUT2D eigenvalue weighted by atomic mass is 10.2. The van der Waals surface area contributed by atoms with Gasteiger partial charge >= 0.3 is 12.3 Å². The summed E-state index contributed by atoms with van der Waals surface area (Å²) < 4.78 is 42.5. The Morgan fingerprint density at radius 1 is 1.23 bits per heavy atom. The molecule has 1 heterocycles. The van der Waals surface area contributed by atoms with E-state index >= 15 is 0 Å². The Hall–Kier alpha value is -1.31. The lowest BCUT2D eigenvalue weighted by Crippen LogP contribution is -2.42. The van der Waals surface area contributed by atoms with Gasteiger partial charge in [0.25, 0.3) is 0 Å². The number of aromatic nitrogens is 1. The quantitative estimate of drug-likeness (QED) is 0.246. The number of hydrogen-bond acceptors (Lipinski definition) is 5. The fourth-order valence-corrected chi connectivity index (χ4v) is 2.30. The molecule has 26 heavy (non-hydrogen) atoms. The largest absolute Gasteiger partial charge is 0.444 e. The Morgan fingerprint density at radius 3 is 2.35 bits per heavy atom. The highest BCUT2D eigenvalue weighted by Crippen LogP contribution is 2.29. The van der Waals surface area contributed by atoms with Crippen LogP contribution in [-0.4, -0.2) is 42.8 Å². The number of carbonyl (C=O) groups is 1. The van der Waals surface area contributed by atoms with Crippen molar-refractivity contribution in [1.82, 2.24) is 20.9 Å². The highest BCUT2D eigenvalue weighted by Gasteiger charge is 2.33. The fourth-order valence-electron chi connectivity index (χ4n) is 1.56. The summed E-state index contributed by atoms with van der Waals surface area (Å²) in [4.78, 5) is 18.9. The van der Waals surface area contributed by atoms with Crippen molar-refractivity contribution in [3.05, 3.63) is 16.1 Å². The Morgan fingerprint density at radius 2 is 1.85 bits per heavy atom. The van der Waals surface area contributed by atoms with E-state index < -0.39 is 23.6 Å². The third-order valence-corrected chi connectivity index (χ3v) is 3.41. The van der Waals surface area contributed by atoms with E-state index in [0.717, 1.165) is 16.7 Å². The van der Waals surface area contributed by atoms with Crippen LogP contribution in [0.4, 0.5) is 18.0 Å². The first-order valence-corrected chi connectivity index (χ1v) is 8.32. The van der Waals surface area contributed by atoms with Gasteiger partial charge < -0.3 is 20.7 Å². The smallest absolute Gasteiger partial charge is 0.434 e. The van der Waals surface area contributed by atoms with Crippen LogP contribution in [0.15, 0.2) is 10.4 Å². The number of thiazole rings is 1. The standard InChI is InChI=1S/C14H22F3N5O2S.HI/c1-13(2,3)24-12(23)20-6-5-19-11(18-4)21-7-10-22-9(8-25-10)14(15,16)17;/h8H,5-7H2,1-4H3,(H,20,23)(H2,18,19,21);1H. The highest BCUT2D eigenvalue weighted by atomic mass is 127. The number of carbonyl (C=O) groups excluding carboxylic acids is 1. The molecular formula is C14H23F3IN5O2S. The average molecular weight is 509 g/mol. The molecule has 0 atom stereocenters. The number of amides is 1. The minimum atomic E-state index is -4.44. The van der Waals surface area contributed by atoms with E-state index in [1.54, 1.807) is 20.8 Å². The summed E-state index contributed by atoms with van der Waals surface area (Å²) in [5.74, 6) is 0.384. The van der Waals surface area contributed by atoms with Gasteiger partial charge in [-0.15, -0.1) is 35.3 Å². The van der Waals surface area contributed by atoms with Crippen LogP contribution in [-0.2, 0) is 17.5 Å². The molecule has 3 N–H and O–H groups in total. The molecule has 1 aromatic rings. The predicted octanol–water partition coefficient (Wildman–Crippen LogP) is 2.97. The van der Waals surface area contributed by atoms with Crippen molar-refractivity contribution < 1.29 is 22.7 Å². The van der Waals surface area contributed by atoms with Crippen molar-refractivity contribution in [2.45, 2.75) is 39.1 Å². The number of halogens is 4. The first kappa shape index (κ1) is 24.7. The maximum absolute atomic E-state index is 12.5. The van der Waals surface area contributed by atoms with Gasteiger partial charge in [-0.1, -0.05) is 0 Å². The molecule has 1 aromatic heterocycles. The summed E-state index contributed by atoms with van der Waals surface area (Å²) in [5, 5.41) is 9.61. The SMILES string of the molecule is CN=C(NCCNC(=O)OC(C)(C)C)NCc1nc(C(F)(F)F)cs1.I. The Balaban J connectivity index is 0.00000625. The third kappa shape index (κ3) is 9.99. The van der Waals surface area contributed by atoms with Crippen LogP contribution in [0.25, 0.3) is 0 Å². The Labute approximate surface area is 171 Å². The summed E-state index contributed by atoms with van der Waals surface area (Å²) in [7, 11) is 1.53. The third-order valence-electron chi connectivity index (χ3n) is 2.56. The van der Waals surface area contributed by atoms with E-state index in [1.807, 2.05) is 0 Å².